The Hall–Kier alpha value is -0.120. The quantitative estimate of drug-likeness (QED) is 0.833. The van der Waals surface area contributed by atoms with Gasteiger partial charge in [0.15, 0.2) is 0 Å². The molecule has 2 aliphatic heterocycles. The second-order valence-corrected chi connectivity index (χ2v) is 6.85. The van der Waals surface area contributed by atoms with Crippen molar-refractivity contribution >= 4 is 0 Å². The van der Waals surface area contributed by atoms with E-state index in [2.05, 4.69) is 31.0 Å². The lowest BCUT2D eigenvalue weighted by Crippen LogP contribution is -2.54. The Balaban J connectivity index is 1.95. The van der Waals surface area contributed by atoms with Gasteiger partial charge in [0.1, 0.15) is 0 Å². The van der Waals surface area contributed by atoms with Crippen LogP contribution in [0.4, 0.5) is 0 Å². The largest absolute Gasteiger partial charge is 0.373 e. The van der Waals surface area contributed by atoms with Crippen molar-refractivity contribution < 1.29 is 4.74 Å². The first-order valence-electron chi connectivity index (χ1n) is 7.62. The normalized spacial score (nSPS) is 33.5. The number of ether oxygens (including phenoxy) is 1. The number of hydrogen-bond acceptors (Lipinski definition) is 3. The van der Waals surface area contributed by atoms with Gasteiger partial charge >= 0.3 is 0 Å². The number of rotatable bonds is 4. The van der Waals surface area contributed by atoms with Crippen LogP contribution in [0.1, 0.15) is 46.5 Å². The molecule has 2 aliphatic rings. The van der Waals surface area contributed by atoms with Gasteiger partial charge in [0.25, 0.3) is 0 Å². The van der Waals surface area contributed by atoms with Crippen LogP contribution in [0, 0.1) is 5.41 Å². The zero-order valence-corrected chi connectivity index (χ0v) is 12.4. The van der Waals surface area contributed by atoms with Crippen LogP contribution in [-0.2, 0) is 4.74 Å². The van der Waals surface area contributed by atoms with Gasteiger partial charge in [0, 0.05) is 26.2 Å². The van der Waals surface area contributed by atoms with Gasteiger partial charge in [-0.1, -0.05) is 13.3 Å². The van der Waals surface area contributed by atoms with Crippen LogP contribution in [0.5, 0.6) is 0 Å². The van der Waals surface area contributed by atoms with Crippen molar-refractivity contribution in [3.8, 4) is 0 Å². The van der Waals surface area contributed by atoms with Crippen LogP contribution in [0.3, 0.4) is 0 Å². The molecule has 2 saturated heterocycles. The molecule has 18 heavy (non-hydrogen) atoms. The molecular formula is C15H30N2O. The van der Waals surface area contributed by atoms with Crippen LogP contribution >= 0.6 is 0 Å². The molecule has 0 radical (unpaired) electrons. The molecule has 2 fully saturated rings. The second kappa shape index (κ2) is 5.89. The van der Waals surface area contributed by atoms with Gasteiger partial charge in [-0.15, -0.1) is 0 Å². The van der Waals surface area contributed by atoms with Crippen molar-refractivity contribution in [2.45, 2.75) is 52.1 Å². The zero-order chi connectivity index (χ0) is 13.1. The molecule has 1 N–H and O–H groups in total. The minimum atomic E-state index is 0.0355. The third-order valence-corrected chi connectivity index (χ3v) is 4.40. The lowest BCUT2D eigenvalue weighted by atomic mass is 9.76. The van der Waals surface area contributed by atoms with E-state index in [1.807, 2.05) is 0 Å². The minimum Gasteiger partial charge on any atom is -0.373 e. The Morgan fingerprint density at radius 1 is 1.33 bits per heavy atom. The van der Waals surface area contributed by atoms with E-state index in [-0.39, 0.29) is 5.60 Å². The molecule has 3 nitrogen and oxygen atoms in total. The molecule has 0 aromatic heterocycles. The number of morpholine rings is 1. The Bertz CT molecular complexity index is 254. The van der Waals surface area contributed by atoms with E-state index in [4.69, 9.17) is 4.74 Å². The van der Waals surface area contributed by atoms with Gasteiger partial charge in [-0.2, -0.15) is 0 Å². The summed E-state index contributed by atoms with van der Waals surface area (Å²) in [6.45, 7) is 13.5. The molecule has 0 aliphatic carbocycles. The summed E-state index contributed by atoms with van der Waals surface area (Å²) in [5, 5.41) is 3.61. The highest BCUT2D eigenvalue weighted by Gasteiger charge is 2.36. The highest BCUT2D eigenvalue weighted by molar-refractivity contribution is 4.90. The molecule has 0 bridgehead atoms. The van der Waals surface area contributed by atoms with Crippen LogP contribution < -0.4 is 5.32 Å². The van der Waals surface area contributed by atoms with Gasteiger partial charge in [-0.05, 0) is 45.1 Å². The first kappa shape index (κ1) is 14.3. The number of nitrogens with zero attached hydrogens (tertiary/aromatic N) is 1. The predicted octanol–water partition coefficient (Wildman–Crippen LogP) is 2.27. The second-order valence-electron chi connectivity index (χ2n) is 6.85. The lowest BCUT2D eigenvalue weighted by molar-refractivity contribution is -0.0962. The van der Waals surface area contributed by atoms with Crippen molar-refractivity contribution in [3.05, 3.63) is 0 Å². The third kappa shape index (κ3) is 3.69. The Kier molecular flexibility index (Phi) is 4.68. The molecule has 106 valence electrons. The predicted molar refractivity (Wildman–Crippen MR) is 75.9 cm³/mol. The van der Waals surface area contributed by atoms with E-state index in [1.165, 1.54) is 45.3 Å². The molecule has 0 spiro atoms. The van der Waals surface area contributed by atoms with Crippen molar-refractivity contribution in [2.24, 2.45) is 5.41 Å². The maximum atomic E-state index is 5.82. The smallest absolute Gasteiger partial charge is 0.0753 e. The summed E-state index contributed by atoms with van der Waals surface area (Å²) >= 11 is 0. The highest BCUT2D eigenvalue weighted by Crippen LogP contribution is 2.33. The monoisotopic (exact) mass is 254 g/mol. The summed E-state index contributed by atoms with van der Waals surface area (Å²) in [7, 11) is 0. The van der Waals surface area contributed by atoms with Gasteiger partial charge in [-0.3, -0.25) is 4.90 Å². The van der Waals surface area contributed by atoms with E-state index < -0.39 is 0 Å². The molecule has 2 heterocycles. The summed E-state index contributed by atoms with van der Waals surface area (Å²) in [4.78, 5) is 2.63. The van der Waals surface area contributed by atoms with Gasteiger partial charge in [0.2, 0.25) is 0 Å². The molecule has 2 rings (SSSR count). The maximum absolute atomic E-state index is 5.82. The number of piperidine rings is 1. The van der Waals surface area contributed by atoms with E-state index in [1.54, 1.807) is 0 Å². The summed E-state index contributed by atoms with van der Waals surface area (Å²) in [6, 6.07) is 0. The SMILES string of the molecule is CCCC1(CN2CCOC(C)(C)C2)CCCNC1. The summed E-state index contributed by atoms with van der Waals surface area (Å²) in [5.41, 5.74) is 0.550. The average molecular weight is 254 g/mol. The topological polar surface area (TPSA) is 24.5 Å². The Labute approximate surface area is 112 Å². The molecule has 1 unspecified atom stereocenters. The molecule has 0 aromatic rings. The third-order valence-electron chi connectivity index (χ3n) is 4.40. The fourth-order valence-electron chi connectivity index (χ4n) is 3.71. The Morgan fingerprint density at radius 3 is 2.78 bits per heavy atom. The summed E-state index contributed by atoms with van der Waals surface area (Å²) in [6.07, 6.45) is 5.40. The van der Waals surface area contributed by atoms with E-state index in [0.29, 0.717) is 5.41 Å². The fourth-order valence-corrected chi connectivity index (χ4v) is 3.71. The Morgan fingerprint density at radius 2 is 2.17 bits per heavy atom. The van der Waals surface area contributed by atoms with Crippen LogP contribution in [-0.4, -0.2) is 49.8 Å². The van der Waals surface area contributed by atoms with E-state index in [9.17, 15) is 0 Å². The van der Waals surface area contributed by atoms with Crippen LogP contribution in [0.25, 0.3) is 0 Å². The highest BCUT2D eigenvalue weighted by atomic mass is 16.5. The number of nitrogens with one attached hydrogen (secondary N) is 1. The molecule has 0 amide bonds. The van der Waals surface area contributed by atoms with Gasteiger partial charge in [0.05, 0.1) is 12.2 Å². The van der Waals surface area contributed by atoms with Crippen molar-refractivity contribution in [1.29, 1.82) is 0 Å². The molecular weight excluding hydrogens is 224 g/mol. The van der Waals surface area contributed by atoms with Crippen LogP contribution in [0.15, 0.2) is 0 Å². The van der Waals surface area contributed by atoms with Crippen molar-refractivity contribution in [3.63, 3.8) is 0 Å². The maximum Gasteiger partial charge on any atom is 0.0753 e. The summed E-state index contributed by atoms with van der Waals surface area (Å²) < 4.78 is 5.82. The molecule has 0 aromatic carbocycles. The summed E-state index contributed by atoms with van der Waals surface area (Å²) in [5.74, 6) is 0. The van der Waals surface area contributed by atoms with Gasteiger partial charge in [-0.25, -0.2) is 0 Å². The lowest BCUT2D eigenvalue weighted by Gasteiger charge is -2.45. The average Bonchev–Trinajstić information content (AvgIpc) is 2.29. The standard InChI is InChI=1S/C15H30N2O/c1-4-6-15(7-5-8-16-11-15)13-17-9-10-18-14(2,3)12-17/h16H,4-13H2,1-3H3. The molecule has 3 heteroatoms. The van der Waals surface area contributed by atoms with E-state index in [0.717, 1.165) is 19.7 Å². The van der Waals surface area contributed by atoms with E-state index >= 15 is 0 Å². The molecule has 1 atom stereocenters. The van der Waals surface area contributed by atoms with Crippen molar-refractivity contribution in [1.82, 2.24) is 10.2 Å². The first-order chi connectivity index (χ1) is 8.55. The minimum absolute atomic E-state index is 0.0355. The number of hydrogen-bond donors (Lipinski definition) is 1. The van der Waals surface area contributed by atoms with Gasteiger partial charge < -0.3 is 10.1 Å². The van der Waals surface area contributed by atoms with Crippen LogP contribution in [0.2, 0.25) is 0 Å². The van der Waals surface area contributed by atoms with Crippen molar-refractivity contribution in [2.75, 3.05) is 39.3 Å². The fraction of sp³-hybridized carbons (Fsp3) is 1.00. The zero-order valence-electron chi connectivity index (χ0n) is 12.4. The molecule has 0 saturated carbocycles. The first-order valence-corrected chi connectivity index (χ1v) is 7.62.